The molecule has 3 heteroatoms. The Hall–Kier alpha value is -6.32. The van der Waals surface area contributed by atoms with E-state index in [1.54, 1.807) is 0 Å². The number of nitrogens with zero attached hydrogens (tertiary/aromatic N) is 2. The van der Waals surface area contributed by atoms with Crippen molar-refractivity contribution in [2.45, 2.75) is 27.7 Å². The topological polar surface area (TPSA) is 38.9 Å². The summed E-state index contributed by atoms with van der Waals surface area (Å²) in [6, 6.07) is 49.3. The van der Waals surface area contributed by atoms with Crippen LogP contribution in [0.5, 0.6) is 0 Å². The Kier molecular flexibility index (Phi) is 8.47. The first-order chi connectivity index (χ1) is 25.2. The molecule has 0 fully saturated rings. The zero-order chi connectivity index (χ0) is 34.9. The predicted molar refractivity (Wildman–Crippen MR) is 217 cm³/mol. The lowest BCUT2D eigenvalue weighted by molar-refractivity contribution is 0.669. The molecule has 0 amide bonds. The first kappa shape index (κ1) is 31.9. The molecule has 0 radical (unpaired) electrons. The molecule has 0 spiro atoms. The number of hydrogen-bond acceptors (Lipinski definition) is 3. The van der Waals surface area contributed by atoms with Crippen molar-refractivity contribution in [3.63, 3.8) is 0 Å². The minimum atomic E-state index is 0.702. The van der Waals surface area contributed by atoms with Gasteiger partial charge >= 0.3 is 0 Å². The van der Waals surface area contributed by atoms with Gasteiger partial charge in [0.15, 0.2) is 5.82 Å². The minimum absolute atomic E-state index is 0.702. The highest BCUT2D eigenvalue weighted by atomic mass is 16.3. The molecule has 246 valence electrons. The molecule has 7 aromatic carbocycles. The smallest absolute Gasteiger partial charge is 0.160 e. The molecule has 0 aliphatic heterocycles. The van der Waals surface area contributed by atoms with Crippen molar-refractivity contribution in [3.8, 4) is 44.9 Å². The van der Waals surface area contributed by atoms with Gasteiger partial charge in [-0.05, 0) is 99.6 Å². The van der Waals surface area contributed by atoms with Crippen molar-refractivity contribution in [1.29, 1.82) is 0 Å². The van der Waals surface area contributed by atoms with Crippen LogP contribution in [0.15, 0.2) is 162 Å². The Labute approximate surface area is 298 Å². The Balaban J connectivity index is 0.00000184. The quantitative estimate of drug-likeness (QED) is 0.132. The van der Waals surface area contributed by atoms with Gasteiger partial charge in [0.2, 0.25) is 0 Å². The Morgan fingerprint density at radius 1 is 0.490 bits per heavy atom. The average molecular weight is 659 g/mol. The summed E-state index contributed by atoms with van der Waals surface area (Å²) in [6.07, 6.45) is 6.24. The molecule has 0 saturated carbocycles. The standard InChI is InChI=1S/C46H32N2O.C2H6/c1-3-13-29(4-2)40-28-41(31-16-9-6-10-17-31)48-46(47-40)34-19-11-18-32(24-34)33-22-23-36-38(25-33)37-20-12-21-42-44(37)45-39(36)26-35(27-43(45)49-42)30-14-7-5-8-15-30;1-2/h3-28H,1-2H3;1-2H3/b13-3-,29-4+;. The maximum Gasteiger partial charge on any atom is 0.160 e. The van der Waals surface area contributed by atoms with Crippen LogP contribution in [-0.4, -0.2) is 9.97 Å². The maximum atomic E-state index is 6.50. The van der Waals surface area contributed by atoms with Crippen LogP contribution >= 0.6 is 0 Å². The van der Waals surface area contributed by atoms with Crippen LogP contribution < -0.4 is 0 Å². The van der Waals surface area contributed by atoms with E-state index in [1.165, 1.54) is 37.9 Å². The van der Waals surface area contributed by atoms with Crippen LogP contribution in [0.25, 0.3) is 94.0 Å². The average Bonchev–Trinajstić information content (AvgIpc) is 3.60. The van der Waals surface area contributed by atoms with E-state index in [0.29, 0.717) is 5.82 Å². The summed E-state index contributed by atoms with van der Waals surface area (Å²) in [5.41, 5.74) is 11.3. The summed E-state index contributed by atoms with van der Waals surface area (Å²) in [4.78, 5) is 10.2. The maximum absolute atomic E-state index is 6.50. The van der Waals surface area contributed by atoms with Crippen molar-refractivity contribution in [1.82, 2.24) is 9.97 Å². The summed E-state index contributed by atoms with van der Waals surface area (Å²) in [5, 5.41) is 7.22. The molecule has 0 N–H and O–H groups in total. The van der Waals surface area contributed by atoms with Crippen LogP contribution in [0.1, 0.15) is 33.4 Å². The van der Waals surface area contributed by atoms with E-state index >= 15 is 0 Å². The van der Waals surface area contributed by atoms with Gasteiger partial charge in [-0.3, -0.25) is 0 Å². The molecule has 0 bridgehead atoms. The van der Waals surface area contributed by atoms with Crippen molar-refractivity contribution < 1.29 is 4.42 Å². The normalized spacial score (nSPS) is 12.0. The van der Waals surface area contributed by atoms with E-state index in [9.17, 15) is 0 Å². The van der Waals surface area contributed by atoms with Gasteiger partial charge < -0.3 is 4.42 Å². The second-order valence-electron chi connectivity index (χ2n) is 12.5. The highest BCUT2D eigenvalue weighted by Gasteiger charge is 2.19. The third kappa shape index (κ3) is 5.67. The minimum Gasteiger partial charge on any atom is -0.456 e. The molecule has 3 nitrogen and oxygen atoms in total. The third-order valence-corrected chi connectivity index (χ3v) is 9.51. The summed E-state index contributed by atoms with van der Waals surface area (Å²) < 4.78 is 6.50. The zero-order valence-corrected chi connectivity index (χ0v) is 29.3. The lowest BCUT2D eigenvalue weighted by Gasteiger charge is -2.13. The van der Waals surface area contributed by atoms with Gasteiger partial charge in [0, 0.05) is 21.9 Å². The molecule has 2 aromatic heterocycles. The highest BCUT2D eigenvalue weighted by molar-refractivity contribution is 6.33. The second-order valence-corrected chi connectivity index (χ2v) is 12.5. The molecule has 0 aliphatic carbocycles. The van der Waals surface area contributed by atoms with Gasteiger partial charge in [-0.25, -0.2) is 9.97 Å². The van der Waals surface area contributed by atoms with E-state index in [0.717, 1.165) is 55.9 Å². The Morgan fingerprint density at radius 3 is 1.92 bits per heavy atom. The van der Waals surface area contributed by atoms with Crippen molar-refractivity contribution in [2.24, 2.45) is 0 Å². The Bertz CT molecular complexity index is 2720. The Morgan fingerprint density at radius 2 is 1.16 bits per heavy atom. The monoisotopic (exact) mass is 658 g/mol. The van der Waals surface area contributed by atoms with Crippen LogP contribution in [0.2, 0.25) is 0 Å². The van der Waals surface area contributed by atoms with E-state index < -0.39 is 0 Å². The van der Waals surface area contributed by atoms with Gasteiger partial charge in [-0.15, -0.1) is 0 Å². The predicted octanol–water partition coefficient (Wildman–Crippen LogP) is 13.8. The van der Waals surface area contributed by atoms with Crippen LogP contribution in [-0.2, 0) is 0 Å². The number of rotatable bonds is 6. The highest BCUT2D eigenvalue weighted by Crippen LogP contribution is 2.45. The molecule has 2 heterocycles. The summed E-state index contributed by atoms with van der Waals surface area (Å²) >= 11 is 0. The van der Waals surface area contributed by atoms with Gasteiger partial charge in [-0.1, -0.05) is 135 Å². The summed E-state index contributed by atoms with van der Waals surface area (Å²) in [7, 11) is 0. The van der Waals surface area contributed by atoms with Crippen molar-refractivity contribution in [2.75, 3.05) is 0 Å². The van der Waals surface area contributed by atoms with Crippen LogP contribution in [0.3, 0.4) is 0 Å². The largest absolute Gasteiger partial charge is 0.456 e. The SMILES string of the molecule is C/C=C\C(=C/C)c1cc(-c2ccccc2)nc(-c2cccc(-c3ccc4c(c3)c3cccc5oc6cc(-c7ccccc7)cc4c6c53)c2)n1.CC. The number of benzene rings is 7. The van der Waals surface area contributed by atoms with Gasteiger partial charge in [0.25, 0.3) is 0 Å². The molecular weight excluding hydrogens is 621 g/mol. The first-order valence-electron chi connectivity index (χ1n) is 17.7. The zero-order valence-electron chi connectivity index (χ0n) is 29.3. The van der Waals surface area contributed by atoms with E-state index in [2.05, 4.69) is 133 Å². The number of aromatic nitrogens is 2. The van der Waals surface area contributed by atoms with Crippen molar-refractivity contribution >= 4 is 49.1 Å². The fraction of sp³-hybridized carbons (Fsp3) is 0.0833. The number of fused-ring (bicyclic) bond motifs is 3. The molecule has 9 rings (SSSR count). The second kappa shape index (κ2) is 13.5. The van der Waals surface area contributed by atoms with Crippen LogP contribution in [0.4, 0.5) is 0 Å². The van der Waals surface area contributed by atoms with E-state index in [1.807, 2.05) is 52.0 Å². The molecule has 0 atom stereocenters. The summed E-state index contributed by atoms with van der Waals surface area (Å²) in [5.74, 6) is 0.702. The van der Waals surface area contributed by atoms with Crippen molar-refractivity contribution in [3.05, 3.63) is 163 Å². The molecule has 0 saturated heterocycles. The van der Waals surface area contributed by atoms with Gasteiger partial charge in [0.05, 0.1) is 11.4 Å². The van der Waals surface area contributed by atoms with E-state index in [4.69, 9.17) is 14.4 Å². The first-order valence-corrected chi connectivity index (χ1v) is 17.7. The third-order valence-electron chi connectivity index (χ3n) is 9.51. The molecule has 9 aromatic rings. The van der Waals surface area contributed by atoms with E-state index in [-0.39, 0.29) is 0 Å². The molecular formula is C48H38N2O. The number of allylic oxidation sites excluding steroid dienone is 4. The van der Waals surface area contributed by atoms with Gasteiger partial charge in [0.1, 0.15) is 11.2 Å². The lowest BCUT2D eigenvalue weighted by atomic mass is 9.90. The summed E-state index contributed by atoms with van der Waals surface area (Å²) in [6.45, 7) is 8.08. The molecule has 51 heavy (non-hydrogen) atoms. The van der Waals surface area contributed by atoms with Gasteiger partial charge in [-0.2, -0.15) is 0 Å². The molecule has 0 unspecified atom stereocenters. The fourth-order valence-corrected chi connectivity index (χ4v) is 7.19. The number of hydrogen-bond donors (Lipinski definition) is 0. The number of furan rings is 1. The fourth-order valence-electron chi connectivity index (χ4n) is 7.19. The van der Waals surface area contributed by atoms with Crippen LogP contribution in [0, 0.1) is 0 Å². The molecule has 0 aliphatic rings. The lowest BCUT2D eigenvalue weighted by Crippen LogP contribution is -1.98.